The Kier molecular flexibility index (Phi) is 7.63. The van der Waals surface area contributed by atoms with Crippen LogP contribution in [-0.4, -0.2) is 74.4 Å². The Balaban J connectivity index is 1.47. The molecule has 0 aromatic rings. The van der Waals surface area contributed by atoms with Crippen molar-refractivity contribution in [3.05, 3.63) is 0 Å². The van der Waals surface area contributed by atoms with E-state index < -0.39 is 0 Å². The van der Waals surface area contributed by atoms with Gasteiger partial charge in [0, 0.05) is 19.1 Å². The van der Waals surface area contributed by atoms with E-state index >= 15 is 0 Å². The summed E-state index contributed by atoms with van der Waals surface area (Å²) in [6, 6.07) is 0.710. The predicted octanol–water partition coefficient (Wildman–Crippen LogP) is 1.90. The van der Waals surface area contributed by atoms with Crippen molar-refractivity contribution in [1.82, 2.24) is 9.80 Å². The Labute approximate surface area is 134 Å². The third kappa shape index (κ3) is 5.86. The summed E-state index contributed by atoms with van der Waals surface area (Å²) < 4.78 is 10.8. The minimum Gasteiger partial charge on any atom is -0.464 e. The van der Waals surface area contributed by atoms with Gasteiger partial charge in [-0.3, -0.25) is 4.90 Å². The molecule has 5 heteroatoms. The van der Waals surface area contributed by atoms with Crippen LogP contribution >= 0.6 is 0 Å². The fraction of sp³-hybridized carbons (Fsp3) is 0.941. The topological polar surface area (TPSA) is 42.0 Å². The van der Waals surface area contributed by atoms with Gasteiger partial charge in [0.15, 0.2) is 0 Å². The summed E-state index contributed by atoms with van der Waals surface area (Å²) in [5, 5.41) is 0. The summed E-state index contributed by atoms with van der Waals surface area (Å²) >= 11 is 0. The number of esters is 1. The summed E-state index contributed by atoms with van der Waals surface area (Å²) in [5.74, 6) is -0.214. The monoisotopic (exact) mass is 312 g/mol. The Morgan fingerprint density at radius 1 is 1.14 bits per heavy atom. The molecule has 22 heavy (non-hydrogen) atoms. The molecule has 2 saturated heterocycles. The summed E-state index contributed by atoms with van der Waals surface area (Å²) in [6.45, 7) is 7.14. The number of ether oxygens (including phenoxy) is 2. The van der Waals surface area contributed by atoms with Crippen LogP contribution in [-0.2, 0) is 14.3 Å². The quantitative estimate of drug-likeness (QED) is 0.480. The van der Waals surface area contributed by atoms with Crippen LogP contribution in [0.5, 0.6) is 0 Å². The van der Waals surface area contributed by atoms with Gasteiger partial charge < -0.3 is 14.4 Å². The van der Waals surface area contributed by atoms with Crippen LogP contribution < -0.4 is 0 Å². The lowest BCUT2D eigenvalue weighted by Crippen LogP contribution is -2.58. The highest BCUT2D eigenvalue weighted by Gasteiger charge is 2.34. The molecular weight excluding hydrogens is 280 g/mol. The van der Waals surface area contributed by atoms with Gasteiger partial charge in [0.05, 0.1) is 12.7 Å². The van der Waals surface area contributed by atoms with Crippen LogP contribution in [0, 0.1) is 0 Å². The van der Waals surface area contributed by atoms with Crippen molar-refractivity contribution in [1.29, 1.82) is 0 Å². The smallest absolute Gasteiger partial charge is 0.332 e. The summed E-state index contributed by atoms with van der Waals surface area (Å²) in [6.07, 6.45) is 7.24. The number of rotatable bonds is 9. The zero-order valence-corrected chi connectivity index (χ0v) is 14.3. The van der Waals surface area contributed by atoms with Gasteiger partial charge in [0.25, 0.3) is 0 Å². The minimum atomic E-state index is -0.214. The largest absolute Gasteiger partial charge is 0.464 e. The first-order valence-corrected chi connectivity index (χ1v) is 8.89. The molecular formula is C17H32N2O3. The van der Waals surface area contributed by atoms with E-state index in [1.165, 1.54) is 38.8 Å². The first kappa shape index (κ1) is 17.7. The van der Waals surface area contributed by atoms with Crippen molar-refractivity contribution in [2.45, 2.75) is 57.6 Å². The molecule has 0 amide bonds. The highest BCUT2D eigenvalue weighted by atomic mass is 16.6. The van der Waals surface area contributed by atoms with Crippen molar-refractivity contribution in [3.8, 4) is 0 Å². The molecule has 0 unspecified atom stereocenters. The molecule has 0 saturated carbocycles. The van der Waals surface area contributed by atoms with Crippen molar-refractivity contribution < 1.29 is 14.3 Å². The lowest BCUT2D eigenvalue weighted by atomic mass is 9.99. The number of nitrogens with zero attached hydrogens (tertiary/aromatic N) is 2. The molecule has 0 atom stereocenters. The number of carbonyl (C=O) groups is 1. The number of likely N-dealkylation sites (tertiary alicyclic amines) is 2. The lowest BCUT2D eigenvalue weighted by Gasteiger charge is -2.46. The summed E-state index contributed by atoms with van der Waals surface area (Å²) in [4.78, 5) is 16.5. The van der Waals surface area contributed by atoms with Crippen LogP contribution in [0.2, 0.25) is 0 Å². The number of carbonyl (C=O) groups excluding carboxylic acids is 1. The van der Waals surface area contributed by atoms with E-state index in [0.717, 1.165) is 25.9 Å². The molecule has 128 valence electrons. The molecule has 0 N–H and O–H groups in total. The Hall–Kier alpha value is -0.650. The first-order chi connectivity index (χ1) is 10.7. The maximum atomic E-state index is 11.6. The normalized spacial score (nSPS) is 21.7. The Morgan fingerprint density at radius 2 is 1.86 bits per heavy atom. The highest BCUT2D eigenvalue weighted by Crippen LogP contribution is 2.22. The van der Waals surface area contributed by atoms with E-state index in [1.54, 1.807) is 0 Å². The second-order valence-corrected chi connectivity index (χ2v) is 6.70. The molecule has 0 radical (unpaired) electrons. The number of hydrogen-bond donors (Lipinski definition) is 0. The summed E-state index contributed by atoms with van der Waals surface area (Å²) in [7, 11) is 2.19. The molecule has 2 fully saturated rings. The van der Waals surface area contributed by atoms with Gasteiger partial charge in [-0.2, -0.15) is 0 Å². The second-order valence-electron chi connectivity index (χ2n) is 6.70. The number of piperidine rings is 1. The van der Waals surface area contributed by atoms with E-state index in [-0.39, 0.29) is 18.7 Å². The third-order valence-electron chi connectivity index (χ3n) is 4.78. The van der Waals surface area contributed by atoms with Gasteiger partial charge >= 0.3 is 5.97 Å². The second kappa shape index (κ2) is 9.48. The lowest BCUT2D eigenvalue weighted by molar-refractivity contribution is -0.156. The van der Waals surface area contributed by atoms with E-state index in [4.69, 9.17) is 9.47 Å². The average Bonchev–Trinajstić information content (AvgIpc) is 2.47. The average molecular weight is 312 g/mol. The van der Waals surface area contributed by atoms with Crippen molar-refractivity contribution in [3.63, 3.8) is 0 Å². The van der Waals surface area contributed by atoms with Crippen LogP contribution in [0.4, 0.5) is 0 Å². The molecule has 0 aliphatic carbocycles. The number of hydrogen-bond acceptors (Lipinski definition) is 5. The van der Waals surface area contributed by atoms with Crippen LogP contribution in [0.15, 0.2) is 0 Å². The molecule has 2 heterocycles. The highest BCUT2D eigenvalue weighted by molar-refractivity contribution is 5.70. The zero-order valence-electron chi connectivity index (χ0n) is 14.3. The van der Waals surface area contributed by atoms with Gasteiger partial charge in [-0.25, -0.2) is 4.79 Å². The SMILES string of the molecule is CCCCCCOC(=O)COC1CN(C2CCN(C)CC2)C1. The number of unbranched alkanes of at least 4 members (excludes halogenated alkanes) is 3. The van der Waals surface area contributed by atoms with Crippen LogP contribution in [0.1, 0.15) is 45.4 Å². The maximum absolute atomic E-state index is 11.6. The van der Waals surface area contributed by atoms with E-state index in [2.05, 4.69) is 23.8 Å². The van der Waals surface area contributed by atoms with Gasteiger partial charge in [-0.05, 0) is 39.4 Å². The molecule has 0 aromatic heterocycles. The zero-order chi connectivity index (χ0) is 15.8. The fourth-order valence-electron chi connectivity index (χ4n) is 3.18. The van der Waals surface area contributed by atoms with Gasteiger partial charge in [0.2, 0.25) is 0 Å². The molecule has 2 aliphatic rings. The molecule has 2 rings (SSSR count). The van der Waals surface area contributed by atoms with Crippen molar-refractivity contribution in [2.24, 2.45) is 0 Å². The van der Waals surface area contributed by atoms with E-state index in [9.17, 15) is 4.79 Å². The summed E-state index contributed by atoms with van der Waals surface area (Å²) in [5.41, 5.74) is 0. The van der Waals surface area contributed by atoms with Crippen LogP contribution in [0.25, 0.3) is 0 Å². The van der Waals surface area contributed by atoms with Crippen molar-refractivity contribution >= 4 is 5.97 Å². The van der Waals surface area contributed by atoms with Gasteiger partial charge in [-0.15, -0.1) is 0 Å². The Morgan fingerprint density at radius 3 is 2.55 bits per heavy atom. The molecule has 0 bridgehead atoms. The molecule has 0 spiro atoms. The van der Waals surface area contributed by atoms with Crippen LogP contribution in [0.3, 0.4) is 0 Å². The standard InChI is InChI=1S/C17H32N2O3/c1-3-4-5-6-11-21-17(20)14-22-16-12-19(13-16)15-7-9-18(2)10-8-15/h15-16H,3-14H2,1-2H3. The third-order valence-corrected chi connectivity index (χ3v) is 4.78. The Bertz CT molecular complexity index is 324. The van der Waals surface area contributed by atoms with Gasteiger partial charge in [0.1, 0.15) is 6.61 Å². The molecule has 2 aliphatic heterocycles. The minimum absolute atomic E-state index is 0.111. The van der Waals surface area contributed by atoms with Gasteiger partial charge in [-0.1, -0.05) is 26.2 Å². The van der Waals surface area contributed by atoms with E-state index in [0.29, 0.717) is 12.6 Å². The maximum Gasteiger partial charge on any atom is 0.332 e. The first-order valence-electron chi connectivity index (χ1n) is 8.89. The van der Waals surface area contributed by atoms with E-state index in [1.807, 2.05) is 0 Å². The molecule has 0 aromatic carbocycles. The predicted molar refractivity (Wildman–Crippen MR) is 86.9 cm³/mol. The van der Waals surface area contributed by atoms with Crippen molar-refractivity contribution in [2.75, 3.05) is 46.4 Å². The molecule has 5 nitrogen and oxygen atoms in total. The fourth-order valence-corrected chi connectivity index (χ4v) is 3.18.